The smallest absolute Gasteiger partial charge is 0.285 e. The van der Waals surface area contributed by atoms with Crippen LogP contribution >= 0.6 is 22.9 Å². The van der Waals surface area contributed by atoms with Crippen LogP contribution in [0.5, 0.6) is 0 Å². The second kappa shape index (κ2) is 4.90. The van der Waals surface area contributed by atoms with E-state index in [-0.39, 0.29) is 16.4 Å². The zero-order valence-corrected chi connectivity index (χ0v) is 11.7. The summed E-state index contributed by atoms with van der Waals surface area (Å²) in [6.45, 7) is 2.54. The molecule has 1 amide bonds. The first-order chi connectivity index (χ1) is 9.15. The van der Waals surface area contributed by atoms with E-state index in [0.717, 1.165) is 35.6 Å². The molecular formula is C11H11ClN4O2S. The lowest BCUT2D eigenvalue weighted by molar-refractivity contribution is 0.0713. The van der Waals surface area contributed by atoms with Gasteiger partial charge in [0.05, 0.1) is 11.7 Å². The van der Waals surface area contributed by atoms with E-state index in [9.17, 15) is 4.79 Å². The Kier molecular flexibility index (Phi) is 3.24. The van der Waals surface area contributed by atoms with Crippen LogP contribution in [0.2, 0.25) is 4.47 Å². The van der Waals surface area contributed by atoms with Crippen molar-refractivity contribution in [3.63, 3.8) is 0 Å². The molecule has 2 aromatic heterocycles. The average Bonchev–Trinajstić information content (AvgIpc) is 3.07. The first-order valence-corrected chi connectivity index (χ1v) is 7.08. The van der Waals surface area contributed by atoms with E-state index >= 15 is 0 Å². The number of halogens is 1. The number of likely N-dealkylation sites (tertiary alicyclic amines) is 1. The van der Waals surface area contributed by atoms with E-state index in [1.54, 1.807) is 4.90 Å². The molecule has 0 bridgehead atoms. The standard InChI is InChI=1S/C11H11ClN4O2S/c1-6-5-8(18-15-6)7-3-2-4-16(7)10(17)9-13-14-11(12)19-9/h5,7H,2-4H2,1H3. The highest BCUT2D eigenvalue weighted by Gasteiger charge is 2.34. The fourth-order valence-electron chi connectivity index (χ4n) is 2.26. The molecule has 0 saturated carbocycles. The molecular weight excluding hydrogens is 288 g/mol. The minimum absolute atomic E-state index is 0.0728. The number of aromatic nitrogens is 3. The Balaban J connectivity index is 1.85. The molecule has 3 rings (SSSR count). The summed E-state index contributed by atoms with van der Waals surface area (Å²) in [7, 11) is 0. The van der Waals surface area contributed by atoms with Gasteiger partial charge in [-0.2, -0.15) is 0 Å². The van der Waals surface area contributed by atoms with Gasteiger partial charge in [-0.1, -0.05) is 16.5 Å². The zero-order chi connectivity index (χ0) is 13.4. The summed E-state index contributed by atoms with van der Waals surface area (Å²) < 4.78 is 5.54. The normalized spacial score (nSPS) is 19.1. The van der Waals surface area contributed by atoms with Gasteiger partial charge in [-0.25, -0.2) is 0 Å². The quantitative estimate of drug-likeness (QED) is 0.851. The zero-order valence-electron chi connectivity index (χ0n) is 10.2. The predicted octanol–water partition coefficient (Wildman–Crippen LogP) is 2.47. The molecule has 2 aromatic rings. The van der Waals surface area contributed by atoms with Gasteiger partial charge in [0.1, 0.15) is 0 Å². The van der Waals surface area contributed by atoms with Crippen molar-refractivity contribution < 1.29 is 9.32 Å². The lowest BCUT2D eigenvalue weighted by atomic mass is 10.1. The Bertz CT molecular complexity index is 611. The monoisotopic (exact) mass is 298 g/mol. The minimum atomic E-state index is -0.152. The summed E-state index contributed by atoms with van der Waals surface area (Å²) in [5.41, 5.74) is 0.813. The van der Waals surface area contributed by atoms with Gasteiger partial charge in [-0.05, 0) is 31.4 Å². The van der Waals surface area contributed by atoms with Crippen molar-refractivity contribution in [1.29, 1.82) is 0 Å². The summed E-state index contributed by atoms with van der Waals surface area (Å²) in [5.74, 6) is 0.569. The van der Waals surface area contributed by atoms with Gasteiger partial charge in [0.2, 0.25) is 9.47 Å². The summed E-state index contributed by atoms with van der Waals surface area (Å²) >= 11 is 6.80. The fraction of sp³-hybridized carbons (Fsp3) is 0.455. The topological polar surface area (TPSA) is 72.1 Å². The second-order valence-electron chi connectivity index (χ2n) is 4.39. The number of amides is 1. The molecule has 0 spiro atoms. The largest absolute Gasteiger partial charge is 0.359 e. The molecule has 8 heteroatoms. The van der Waals surface area contributed by atoms with E-state index < -0.39 is 0 Å². The van der Waals surface area contributed by atoms with E-state index in [1.165, 1.54) is 0 Å². The van der Waals surface area contributed by atoms with Crippen molar-refractivity contribution in [2.75, 3.05) is 6.54 Å². The molecule has 1 unspecified atom stereocenters. The Hall–Kier alpha value is -1.47. The Morgan fingerprint density at radius 2 is 2.42 bits per heavy atom. The van der Waals surface area contributed by atoms with Crippen LogP contribution in [0.15, 0.2) is 10.6 Å². The van der Waals surface area contributed by atoms with Gasteiger partial charge in [0.25, 0.3) is 5.91 Å². The summed E-state index contributed by atoms with van der Waals surface area (Å²) in [5, 5.41) is 11.6. The maximum absolute atomic E-state index is 12.4. The first-order valence-electron chi connectivity index (χ1n) is 5.88. The second-order valence-corrected chi connectivity index (χ2v) is 5.95. The highest BCUT2D eigenvalue weighted by molar-refractivity contribution is 7.17. The number of nitrogens with zero attached hydrogens (tertiary/aromatic N) is 4. The maximum atomic E-state index is 12.4. The van der Waals surface area contributed by atoms with Gasteiger partial charge in [0.15, 0.2) is 5.76 Å². The Labute approximate surface area is 118 Å². The number of aryl methyl sites for hydroxylation is 1. The van der Waals surface area contributed by atoms with Crippen LogP contribution in [0.25, 0.3) is 0 Å². The number of hydrogen-bond acceptors (Lipinski definition) is 6. The molecule has 0 radical (unpaired) electrons. The third-order valence-corrected chi connectivity index (χ3v) is 4.08. The van der Waals surface area contributed by atoms with Gasteiger partial charge < -0.3 is 9.42 Å². The Morgan fingerprint density at radius 3 is 3.05 bits per heavy atom. The van der Waals surface area contributed by atoms with Crippen molar-refractivity contribution in [3.8, 4) is 0 Å². The lowest BCUT2D eigenvalue weighted by Gasteiger charge is -2.21. The lowest BCUT2D eigenvalue weighted by Crippen LogP contribution is -2.30. The molecule has 100 valence electrons. The van der Waals surface area contributed by atoms with Gasteiger partial charge in [-0.3, -0.25) is 4.79 Å². The maximum Gasteiger partial charge on any atom is 0.285 e. The van der Waals surface area contributed by atoms with Crippen LogP contribution in [0.3, 0.4) is 0 Å². The molecule has 1 aliphatic rings. The molecule has 1 saturated heterocycles. The Morgan fingerprint density at radius 1 is 1.58 bits per heavy atom. The van der Waals surface area contributed by atoms with Crippen molar-refractivity contribution in [1.82, 2.24) is 20.3 Å². The molecule has 19 heavy (non-hydrogen) atoms. The van der Waals surface area contributed by atoms with E-state index in [1.807, 2.05) is 13.0 Å². The molecule has 0 N–H and O–H groups in total. The molecule has 1 fully saturated rings. The summed E-state index contributed by atoms with van der Waals surface area (Å²) in [4.78, 5) is 14.1. The number of carbonyl (C=O) groups is 1. The van der Waals surface area contributed by atoms with Crippen molar-refractivity contribution in [2.45, 2.75) is 25.8 Å². The number of rotatable bonds is 2. The SMILES string of the molecule is Cc1cc(C2CCCN2C(=O)c2nnc(Cl)s2)on1. The molecule has 1 atom stereocenters. The minimum Gasteiger partial charge on any atom is -0.359 e. The van der Waals surface area contributed by atoms with Crippen molar-refractivity contribution in [2.24, 2.45) is 0 Å². The van der Waals surface area contributed by atoms with Gasteiger partial charge in [-0.15, -0.1) is 10.2 Å². The van der Waals surface area contributed by atoms with Crippen LogP contribution in [0.4, 0.5) is 0 Å². The van der Waals surface area contributed by atoms with Crippen molar-refractivity contribution in [3.05, 3.63) is 27.0 Å². The van der Waals surface area contributed by atoms with Gasteiger partial charge in [0, 0.05) is 12.6 Å². The van der Waals surface area contributed by atoms with Crippen LogP contribution < -0.4 is 0 Å². The fourth-order valence-corrected chi connectivity index (χ4v) is 3.04. The first kappa shape index (κ1) is 12.6. The number of carbonyl (C=O) groups excluding carboxylic acids is 1. The summed E-state index contributed by atoms with van der Waals surface area (Å²) in [6.07, 6.45) is 1.80. The summed E-state index contributed by atoms with van der Waals surface area (Å²) in [6, 6.07) is 1.79. The molecule has 3 heterocycles. The molecule has 6 nitrogen and oxygen atoms in total. The van der Waals surface area contributed by atoms with Crippen LogP contribution in [-0.4, -0.2) is 32.7 Å². The van der Waals surface area contributed by atoms with E-state index in [0.29, 0.717) is 11.6 Å². The molecule has 0 aliphatic carbocycles. The van der Waals surface area contributed by atoms with E-state index in [2.05, 4.69) is 15.4 Å². The van der Waals surface area contributed by atoms with Crippen LogP contribution in [0, 0.1) is 6.92 Å². The average molecular weight is 299 g/mol. The third-order valence-electron chi connectivity index (χ3n) is 3.07. The van der Waals surface area contributed by atoms with Crippen molar-refractivity contribution >= 4 is 28.8 Å². The van der Waals surface area contributed by atoms with Crippen LogP contribution in [0.1, 0.15) is 40.1 Å². The highest BCUT2D eigenvalue weighted by Crippen LogP contribution is 2.34. The van der Waals surface area contributed by atoms with Crippen LogP contribution in [-0.2, 0) is 0 Å². The third kappa shape index (κ3) is 2.35. The molecule has 0 aromatic carbocycles. The number of hydrogen-bond donors (Lipinski definition) is 0. The predicted molar refractivity (Wildman–Crippen MR) is 69.2 cm³/mol. The van der Waals surface area contributed by atoms with Gasteiger partial charge >= 0.3 is 0 Å². The highest BCUT2D eigenvalue weighted by atomic mass is 35.5. The molecule has 1 aliphatic heterocycles. The van der Waals surface area contributed by atoms with E-state index in [4.69, 9.17) is 16.1 Å².